The van der Waals surface area contributed by atoms with Gasteiger partial charge in [0.25, 0.3) is 5.56 Å². The van der Waals surface area contributed by atoms with Crippen LogP contribution in [0.15, 0.2) is 40.3 Å². The van der Waals surface area contributed by atoms with E-state index in [1.165, 1.54) is 10.8 Å². The highest BCUT2D eigenvalue weighted by atomic mass is 16.5. The molecular formula is C13H15N3O5. The summed E-state index contributed by atoms with van der Waals surface area (Å²) in [5.41, 5.74) is -0.860. The summed E-state index contributed by atoms with van der Waals surface area (Å²) in [6.45, 7) is -0.333. The van der Waals surface area contributed by atoms with Crippen molar-refractivity contribution in [2.75, 3.05) is 6.61 Å². The Hall–Kier alpha value is -2.16. The summed E-state index contributed by atoms with van der Waals surface area (Å²) >= 11 is 0. The number of nitrogens with zero attached hydrogens (tertiary/aromatic N) is 2. The Morgan fingerprint density at radius 3 is 2.67 bits per heavy atom. The highest BCUT2D eigenvalue weighted by molar-refractivity contribution is 5.26. The fourth-order valence-electron chi connectivity index (χ4n) is 2.42. The van der Waals surface area contributed by atoms with Crippen LogP contribution in [0.2, 0.25) is 0 Å². The van der Waals surface area contributed by atoms with Crippen molar-refractivity contribution in [3.05, 3.63) is 51.6 Å². The second-order valence-corrected chi connectivity index (χ2v) is 4.89. The lowest BCUT2D eigenvalue weighted by molar-refractivity contribution is -0.0459. The Morgan fingerprint density at radius 1 is 1.33 bits per heavy atom. The average molecular weight is 293 g/mol. The molecule has 8 heteroatoms. The zero-order chi connectivity index (χ0) is 15.0. The van der Waals surface area contributed by atoms with Crippen molar-refractivity contribution < 1.29 is 14.9 Å². The number of aromatic nitrogens is 3. The molecule has 1 fully saturated rings. The predicted octanol–water partition coefficient (Wildman–Crippen LogP) is -1.03. The van der Waals surface area contributed by atoms with Crippen LogP contribution in [0.4, 0.5) is 0 Å². The molecule has 3 rings (SSSR count). The zero-order valence-corrected chi connectivity index (χ0v) is 11.0. The SMILES string of the molecule is O=c1[nH]c(=O)n([C@H]2C[C@H](O)[C@@H](CO)O2)cc1-n1cccc1. The van der Waals surface area contributed by atoms with Crippen molar-refractivity contribution in [1.29, 1.82) is 0 Å². The number of aliphatic hydroxyl groups excluding tert-OH is 2. The standard InChI is InChI=1S/C13H15N3O5/c17-7-10-9(18)5-11(21-10)16-6-8(12(19)14-13(16)20)15-3-1-2-4-15/h1-4,6,9-11,17-18H,5,7H2,(H,14,19,20)/t9-,10+,11+/m0/s1. The summed E-state index contributed by atoms with van der Waals surface area (Å²) in [4.78, 5) is 26.0. The third-order valence-corrected chi connectivity index (χ3v) is 3.53. The molecule has 2 aromatic rings. The number of ether oxygens (including phenoxy) is 1. The fraction of sp³-hybridized carbons (Fsp3) is 0.385. The number of aromatic amines is 1. The number of H-pyrrole nitrogens is 1. The van der Waals surface area contributed by atoms with Crippen molar-refractivity contribution >= 4 is 0 Å². The van der Waals surface area contributed by atoms with Crippen LogP contribution in [0.3, 0.4) is 0 Å². The van der Waals surface area contributed by atoms with Crippen LogP contribution < -0.4 is 11.2 Å². The second-order valence-electron chi connectivity index (χ2n) is 4.89. The first-order valence-electron chi connectivity index (χ1n) is 6.53. The van der Waals surface area contributed by atoms with Crippen molar-refractivity contribution in [3.63, 3.8) is 0 Å². The van der Waals surface area contributed by atoms with Gasteiger partial charge in [0.1, 0.15) is 18.0 Å². The molecule has 3 atom stereocenters. The first-order chi connectivity index (χ1) is 10.1. The van der Waals surface area contributed by atoms with Gasteiger partial charge in [-0.1, -0.05) is 0 Å². The fourth-order valence-corrected chi connectivity index (χ4v) is 2.42. The topological polar surface area (TPSA) is 109 Å². The van der Waals surface area contributed by atoms with Crippen molar-refractivity contribution in [2.45, 2.75) is 24.9 Å². The zero-order valence-electron chi connectivity index (χ0n) is 11.0. The van der Waals surface area contributed by atoms with Crippen LogP contribution in [-0.2, 0) is 4.74 Å². The van der Waals surface area contributed by atoms with E-state index >= 15 is 0 Å². The summed E-state index contributed by atoms with van der Waals surface area (Å²) in [7, 11) is 0. The molecule has 3 N–H and O–H groups in total. The molecule has 0 radical (unpaired) electrons. The summed E-state index contributed by atoms with van der Waals surface area (Å²) < 4.78 is 8.22. The lowest BCUT2D eigenvalue weighted by Gasteiger charge is -2.15. The Balaban J connectivity index is 2.02. The summed E-state index contributed by atoms with van der Waals surface area (Å²) in [5, 5.41) is 18.8. The molecule has 1 aliphatic rings. The Kier molecular flexibility index (Phi) is 3.50. The molecule has 0 amide bonds. The van der Waals surface area contributed by atoms with Crippen LogP contribution in [0.25, 0.3) is 5.69 Å². The second kappa shape index (κ2) is 5.32. The molecule has 0 aromatic carbocycles. The van der Waals surface area contributed by atoms with Gasteiger partial charge in [0, 0.05) is 25.0 Å². The molecule has 0 aliphatic carbocycles. The highest BCUT2D eigenvalue weighted by Gasteiger charge is 2.35. The molecule has 21 heavy (non-hydrogen) atoms. The molecule has 1 aliphatic heterocycles. The van der Waals surface area contributed by atoms with Gasteiger partial charge >= 0.3 is 5.69 Å². The molecular weight excluding hydrogens is 278 g/mol. The van der Waals surface area contributed by atoms with Crippen LogP contribution >= 0.6 is 0 Å². The highest BCUT2D eigenvalue weighted by Crippen LogP contribution is 2.27. The van der Waals surface area contributed by atoms with E-state index in [9.17, 15) is 14.7 Å². The Morgan fingerprint density at radius 2 is 2.05 bits per heavy atom. The maximum Gasteiger partial charge on any atom is 0.330 e. The van der Waals surface area contributed by atoms with Crippen molar-refractivity contribution in [2.24, 2.45) is 0 Å². The molecule has 0 unspecified atom stereocenters. The third-order valence-electron chi connectivity index (χ3n) is 3.53. The smallest absolute Gasteiger partial charge is 0.330 e. The minimum atomic E-state index is -0.853. The average Bonchev–Trinajstić information content (AvgIpc) is 3.08. The number of hydrogen-bond donors (Lipinski definition) is 3. The molecule has 0 spiro atoms. The Bertz CT molecular complexity index is 733. The van der Waals surface area contributed by atoms with E-state index in [0.717, 1.165) is 0 Å². The van der Waals surface area contributed by atoms with E-state index in [1.807, 2.05) is 0 Å². The summed E-state index contributed by atoms with van der Waals surface area (Å²) in [6.07, 6.45) is 2.61. The van der Waals surface area contributed by atoms with Gasteiger partial charge < -0.3 is 19.5 Å². The van der Waals surface area contributed by atoms with Crippen LogP contribution in [0, 0.1) is 0 Å². The molecule has 8 nitrogen and oxygen atoms in total. The van der Waals surface area contributed by atoms with E-state index in [0.29, 0.717) is 0 Å². The lowest BCUT2D eigenvalue weighted by atomic mass is 10.2. The first-order valence-corrected chi connectivity index (χ1v) is 6.53. The largest absolute Gasteiger partial charge is 0.394 e. The monoisotopic (exact) mass is 293 g/mol. The quantitative estimate of drug-likeness (QED) is 0.670. The van der Waals surface area contributed by atoms with E-state index < -0.39 is 29.7 Å². The van der Waals surface area contributed by atoms with Gasteiger partial charge in [-0.15, -0.1) is 0 Å². The molecule has 0 saturated carbocycles. The van der Waals surface area contributed by atoms with Crippen LogP contribution in [0.1, 0.15) is 12.6 Å². The van der Waals surface area contributed by atoms with Gasteiger partial charge in [0.05, 0.1) is 12.7 Å². The number of rotatable bonds is 3. The molecule has 3 heterocycles. The lowest BCUT2D eigenvalue weighted by Crippen LogP contribution is -2.34. The Labute approximate surface area is 118 Å². The van der Waals surface area contributed by atoms with Crippen LogP contribution in [-0.4, -0.2) is 43.1 Å². The number of aliphatic hydroxyl groups is 2. The van der Waals surface area contributed by atoms with E-state index in [1.54, 1.807) is 29.1 Å². The van der Waals surface area contributed by atoms with Gasteiger partial charge in [0.2, 0.25) is 0 Å². The van der Waals surface area contributed by atoms with Gasteiger partial charge in [0.15, 0.2) is 0 Å². The maximum atomic E-state index is 11.9. The molecule has 1 saturated heterocycles. The molecule has 112 valence electrons. The molecule has 0 bridgehead atoms. The molecule has 2 aromatic heterocycles. The number of hydrogen-bond acceptors (Lipinski definition) is 5. The first kappa shape index (κ1) is 13.8. The summed E-state index contributed by atoms with van der Waals surface area (Å²) in [6, 6.07) is 3.51. The minimum Gasteiger partial charge on any atom is -0.394 e. The van der Waals surface area contributed by atoms with Gasteiger partial charge in [-0.3, -0.25) is 14.3 Å². The third kappa shape index (κ3) is 2.44. The van der Waals surface area contributed by atoms with Crippen LogP contribution in [0.5, 0.6) is 0 Å². The van der Waals surface area contributed by atoms with E-state index in [-0.39, 0.29) is 18.7 Å². The van der Waals surface area contributed by atoms with Gasteiger partial charge in [-0.2, -0.15) is 0 Å². The van der Waals surface area contributed by atoms with Gasteiger partial charge in [-0.05, 0) is 12.1 Å². The summed E-state index contributed by atoms with van der Waals surface area (Å²) in [5.74, 6) is 0. The normalized spacial score (nSPS) is 25.3. The van der Waals surface area contributed by atoms with E-state index in [4.69, 9.17) is 9.84 Å². The van der Waals surface area contributed by atoms with E-state index in [2.05, 4.69) is 4.98 Å². The number of nitrogens with one attached hydrogen (secondary N) is 1. The minimum absolute atomic E-state index is 0.169. The van der Waals surface area contributed by atoms with Crippen molar-refractivity contribution in [1.82, 2.24) is 14.1 Å². The predicted molar refractivity (Wildman–Crippen MR) is 72.3 cm³/mol. The maximum absolute atomic E-state index is 11.9. The van der Waals surface area contributed by atoms with Crippen molar-refractivity contribution in [3.8, 4) is 5.69 Å². The van der Waals surface area contributed by atoms with Gasteiger partial charge in [-0.25, -0.2) is 4.79 Å².